The highest BCUT2D eigenvalue weighted by Crippen LogP contribution is 2.40. The first-order valence-corrected chi connectivity index (χ1v) is 8.02. The van der Waals surface area contributed by atoms with Crippen LogP contribution in [0.1, 0.15) is 11.5 Å². The smallest absolute Gasteiger partial charge is 0.249 e. The fourth-order valence-electron chi connectivity index (χ4n) is 3.38. The molecule has 0 unspecified atom stereocenters. The number of pyridine rings is 1. The predicted molar refractivity (Wildman–Crippen MR) is 91.4 cm³/mol. The van der Waals surface area contributed by atoms with E-state index in [0.717, 1.165) is 16.7 Å². The lowest BCUT2D eigenvalue weighted by molar-refractivity contribution is -0.150. The zero-order valence-electron chi connectivity index (χ0n) is 13.9. The van der Waals surface area contributed by atoms with Gasteiger partial charge in [-0.3, -0.25) is 9.78 Å². The van der Waals surface area contributed by atoms with E-state index in [1.807, 2.05) is 36.4 Å². The fraction of sp³-hybridized carbons (Fsp3) is 0.316. The SMILES string of the molecule is COCC(=O)N1[C@H](CO)[C@@H](c2ccc(-c3cccnc3)cc2)[C@@H]1C#N. The molecule has 0 aliphatic carbocycles. The Morgan fingerprint density at radius 3 is 2.64 bits per heavy atom. The monoisotopic (exact) mass is 337 g/mol. The van der Waals surface area contributed by atoms with Crippen LogP contribution in [0, 0.1) is 11.3 Å². The van der Waals surface area contributed by atoms with Gasteiger partial charge in [0.2, 0.25) is 5.91 Å². The summed E-state index contributed by atoms with van der Waals surface area (Å²) < 4.78 is 4.86. The number of hydrogen-bond acceptors (Lipinski definition) is 5. The molecule has 25 heavy (non-hydrogen) atoms. The Morgan fingerprint density at radius 2 is 2.08 bits per heavy atom. The second kappa shape index (κ2) is 7.43. The molecule has 3 atom stereocenters. The van der Waals surface area contributed by atoms with Gasteiger partial charge in [0, 0.05) is 25.4 Å². The number of ether oxygens (including phenoxy) is 1. The molecule has 6 heteroatoms. The number of rotatable bonds is 5. The molecule has 0 saturated carbocycles. The summed E-state index contributed by atoms with van der Waals surface area (Å²) in [6.45, 7) is -0.288. The van der Waals surface area contributed by atoms with Gasteiger partial charge in [-0.1, -0.05) is 30.3 Å². The summed E-state index contributed by atoms with van der Waals surface area (Å²) in [5.74, 6) is -0.491. The summed E-state index contributed by atoms with van der Waals surface area (Å²) in [6, 6.07) is 12.9. The second-order valence-corrected chi connectivity index (χ2v) is 5.95. The minimum absolute atomic E-state index is 0.0959. The van der Waals surface area contributed by atoms with Crippen LogP contribution in [0.25, 0.3) is 11.1 Å². The van der Waals surface area contributed by atoms with E-state index in [2.05, 4.69) is 11.1 Å². The number of likely N-dealkylation sites (tertiary alicyclic amines) is 1. The lowest BCUT2D eigenvalue weighted by atomic mass is 9.75. The first kappa shape index (κ1) is 17.1. The van der Waals surface area contributed by atoms with E-state index in [4.69, 9.17) is 4.74 Å². The van der Waals surface area contributed by atoms with Gasteiger partial charge < -0.3 is 14.7 Å². The molecule has 0 spiro atoms. The highest BCUT2D eigenvalue weighted by atomic mass is 16.5. The number of aliphatic hydroxyl groups excluding tert-OH is 1. The number of aliphatic hydroxyl groups is 1. The summed E-state index contributed by atoms with van der Waals surface area (Å²) >= 11 is 0. The Balaban J connectivity index is 1.83. The molecule has 0 radical (unpaired) electrons. The number of carbonyl (C=O) groups is 1. The van der Waals surface area contributed by atoms with Crippen molar-refractivity contribution in [1.29, 1.82) is 5.26 Å². The van der Waals surface area contributed by atoms with Gasteiger partial charge in [0.1, 0.15) is 12.6 Å². The average Bonchev–Trinajstić information content (AvgIpc) is 2.63. The van der Waals surface area contributed by atoms with E-state index in [-0.39, 0.29) is 25.0 Å². The molecule has 1 amide bonds. The molecule has 1 aliphatic heterocycles. The fourth-order valence-corrected chi connectivity index (χ4v) is 3.38. The predicted octanol–water partition coefficient (Wildman–Crippen LogP) is 1.57. The van der Waals surface area contributed by atoms with Crippen molar-refractivity contribution in [3.8, 4) is 17.2 Å². The van der Waals surface area contributed by atoms with E-state index < -0.39 is 12.1 Å². The molecule has 1 aliphatic rings. The summed E-state index contributed by atoms with van der Waals surface area (Å²) in [6.07, 6.45) is 3.51. The van der Waals surface area contributed by atoms with Crippen LogP contribution in [-0.4, -0.2) is 53.3 Å². The number of nitrogens with zero attached hydrogens (tertiary/aromatic N) is 3. The number of aromatic nitrogens is 1. The van der Waals surface area contributed by atoms with Crippen LogP contribution in [0.2, 0.25) is 0 Å². The number of carbonyl (C=O) groups excluding carboxylic acids is 1. The van der Waals surface area contributed by atoms with Crippen molar-refractivity contribution in [1.82, 2.24) is 9.88 Å². The molecule has 0 bridgehead atoms. The van der Waals surface area contributed by atoms with Crippen LogP contribution in [0.4, 0.5) is 0 Å². The number of benzene rings is 1. The number of amides is 1. The summed E-state index contributed by atoms with van der Waals surface area (Å²) in [5, 5.41) is 19.2. The number of nitriles is 1. The van der Waals surface area contributed by atoms with Crippen LogP contribution < -0.4 is 0 Å². The van der Waals surface area contributed by atoms with Crippen molar-refractivity contribution < 1.29 is 14.6 Å². The minimum atomic E-state index is -0.593. The topological polar surface area (TPSA) is 86.4 Å². The van der Waals surface area contributed by atoms with Crippen LogP contribution in [0.15, 0.2) is 48.8 Å². The highest BCUT2D eigenvalue weighted by molar-refractivity contribution is 5.80. The third-order valence-corrected chi connectivity index (χ3v) is 4.58. The van der Waals surface area contributed by atoms with Gasteiger partial charge in [-0.2, -0.15) is 5.26 Å². The molecule has 1 fully saturated rings. The lowest BCUT2D eigenvalue weighted by Gasteiger charge is -2.51. The first-order chi connectivity index (χ1) is 12.2. The third-order valence-electron chi connectivity index (χ3n) is 4.58. The Bertz CT molecular complexity index is 771. The first-order valence-electron chi connectivity index (χ1n) is 8.02. The molecule has 2 heterocycles. The largest absolute Gasteiger partial charge is 0.394 e. The number of hydrogen-bond donors (Lipinski definition) is 1. The van der Waals surface area contributed by atoms with Gasteiger partial charge in [0.25, 0.3) is 0 Å². The van der Waals surface area contributed by atoms with Crippen LogP contribution in [0.3, 0.4) is 0 Å². The van der Waals surface area contributed by atoms with Gasteiger partial charge in [0.15, 0.2) is 0 Å². The summed E-state index contributed by atoms with van der Waals surface area (Å²) in [5.41, 5.74) is 2.97. The number of methoxy groups -OCH3 is 1. The highest BCUT2D eigenvalue weighted by Gasteiger charge is 2.51. The van der Waals surface area contributed by atoms with Crippen molar-refractivity contribution in [3.05, 3.63) is 54.4 Å². The van der Waals surface area contributed by atoms with Gasteiger partial charge >= 0.3 is 0 Å². The van der Waals surface area contributed by atoms with E-state index in [1.54, 1.807) is 12.4 Å². The Labute approximate surface area is 146 Å². The van der Waals surface area contributed by atoms with Crippen LogP contribution >= 0.6 is 0 Å². The zero-order valence-corrected chi connectivity index (χ0v) is 13.9. The second-order valence-electron chi connectivity index (χ2n) is 5.95. The molecule has 1 N–H and O–H groups in total. The van der Waals surface area contributed by atoms with Crippen LogP contribution in [0.5, 0.6) is 0 Å². The summed E-state index contributed by atoms with van der Waals surface area (Å²) in [4.78, 5) is 17.6. The maximum atomic E-state index is 12.1. The molecule has 3 rings (SSSR count). The molecule has 2 aromatic rings. The zero-order chi connectivity index (χ0) is 17.8. The maximum Gasteiger partial charge on any atom is 0.249 e. The molecule has 1 aromatic heterocycles. The third kappa shape index (κ3) is 3.12. The van der Waals surface area contributed by atoms with Gasteiger partial charge in [-0.05, 0) is 22.8 Å². The van der Waals surface area contributed by atoms with Gasteiger partial charge in [0.05, 0.1) is 18.7 Å². The average molecular weight is 337 g/mol. The van der Waals surface area contributed by atoms with Gasteiger partial charge in [-0.15, -0.1) is 0 Å². The van der Waals surface area contributed by atoms with Crippen molar-refractivity contribution in [2.24, 2.45) is 0 Å². The standard InChI is InChI=1S/C19H19N3O3/c1-25-12-18(24)22-16(9-20)19(17(22)11-23)14-6-4-13(5-7-14)15-3-2-8-21-10-15/h2-8,10,16-17,19,23H,11-12H2,1H3/t16-,17+,19-/m0/s1. The maximum absolute atomic E-state index is 12.1. The summed E-state index contributed by atoms with van der Waals surface area (Å²) in [7, 11) is 1.43. The molecular weight excluding hydrogens is 318 g/mol. The molecule has 6 nitrogen and oxygen atoms in total. The van der Waals surface area contributed by atoms with E-state index in [1.165, 1.54) is 12.0 Å². The Morgan fingerprint density at radius 1 is 1.32 bits per heavy atom. The normalized spacial score (nSPS) is 22.1. The van der Waals surface area contributed by atoms with Crippen molar-refractivity contribution in [3.63, 3.8) is 0 Å². The van der Waals surface area contributed by atoms with Crippen molar-refractivity contribution in [2.45, 2.75) is 18.0 Å². The van der Waals surface area contributed by atoms with Crippen molar-refractivity contribution >= 4 is 5.91 Å². The van der Waals surface area contributed by atoms with Crippen LogP contribution in [-0.2, 0) is 9.53 Å². The van der Waals surface area contributed by atoms with Gasteiger partial charge in [-0.25, -0.2) is 0 Å². The Kier molecular flexibility index (Phi) is 5.08. The van der Waals surface area contributed by atoms with E-state index in [0.29, 0.717) is 0 Å². The van der Waals surface area contributed by atoms with E-state index >= 15 is 0 Å². The lowest BCUT2D eigenvalue weighted by Crippen LogP contribution is -2.65. The molecule has 1 aromatic carbocycles. The Hall–Kier alpha value is -2.75. The van der Waals surface area contributed by atoms with Crippen molar-refractivity contribution in [2.75, 3.05) is 20.3 Å². The quantitative estimate of drug-likeness (QED) is 0.895. The molecule has 1 saturated heterocycles. The minimum Gasteiger partial charge on any atom is -0.394 e. The molecule has 128 valence electrons. The van der Waals surface area contributed by atoms with E-state index in [9.17, 15) is 15.2 Å². The molecular formula is C19H19N3O3.